The molecule has 0 saturated carbocycles. The van der Waals surface area contributed by atoms with E-state index in [1.807, 2.05) is 23.2 Å². The fraction of sp³-hybridized carbons (Fsp3) is 0.333. The summed E-state index contributed by atoms with van der Waals surface area (Å²) in [5, 5.41) is 1.16. The number of nitrogens with zero attached hydrogens (tertiary/aromatic N) is 2. The van der Waals surface area contributed by atoms with Crippen LogP contribution in [0, 0.1) is 6.92 Å². The second-order valence-corrected chi connectivity index (χ2v) is 10.1. The molecule has 3 aromatic carbocycles. The normalized spacial score (nSPS) is 10.9. The lowest BCUT2D eigenvalue weighted by Crippen LogP contribution is -2.43. The van der Waals surface area contributed by atoms with E-state index in [1.54, 1.807) is 37.3 Å². The maximum Gasteiger partial charge on any atom is 0.254 e. The van der Waals surface area contributed by atoms with Crippen LogP contribution in [0.4, 0.5) is 0 Å². The quantitative estimate of drug-likeness (QED) is 0.225. The molecule has 0 aliphatic carbocycles. The third-order valence-electron chi connectivity index (χ3n) is 7.17. The van der Waals surface area contributed by atoms with Crippen molar-refractivity contribution < 1.29 is 19.1 Å². The highest BCUT2D eigenvalue weighted by Crippen LogP contribution is 2.24. The molecule has 0 unspecified atom stereocenters. The van der Waals surface area contributed by atoms with Crippen LogP contribution in [0.1, 0.15) is 46.8 Å². The number of benzene rings is 3. The highest BCUT2D eigenvalue weighted by molar-refractivity contribution is 5.97. The fourth-order valence-corrected chi connectivity index (χ4v) is 4.78. The summed E-state index contributed by atoms with van der Waals surface area (Å²) >= 11 is 0. The van der Waals surface area contributed by atoms with Crippen molar-refractivity contribution in [2.24, 2.45) is 0 Å². The van der Waals surface area contributed by atoms with Crippen LogP contribution in [0.3, 0.4) is 0 Å². The monoisotopic (exact) mass is 541 g/mol. The zero-order valence-electron chi connectivity index (χ0n) is 23.9. The minimum absolute atomic E-state index is 0.00188. The summed E-state index contributed by atoms with van der Waals surface area (Å²) in [6.07, 6.45) is 4.44. The zero-order chi connectivity index (χ0) is 28.5. The Kier molecular flexibility index (Phi) is 9.84. The van der Waals surface area contributed by atoms with Crippen LogP contribution in [0.5, 0.6) is 11.5 Å². The first-order valence-corrected chi connectivity index (χ1v) is 13.8. The molecule has 40 heavy (non-hydrogen) atoms. The predicted octanol–water partition coefficient (Wildman–Crippen LogP) is 6.01. The number of para-hydroxylation sites is 1. The number of rotatable bonds is 13. The number of unbranched alkanes of at least 4 members (excludes halogenated alkanes) is 1. The molecule has 1 heterocycles. The van der Waals surface area contributed by atoms with Crippen molar-refractivity contribution in [3.05, 3.63) is 95.2 Å². The van der Waals surface area contributed by atoms with Gasteiger partial charge in [0.25, 0.3) is 5.91 Å². The summed E-state index contributed by atoms with van der Waals surface area (Å²) < 4.78 is 10.7. The first-order chi connectivity index (χ1) is 19.4. The number of aryl methyl sites for hydroxylation is 1. The van der Waals surface area contributed by atoms with Gasteiger partial charge < -0.3 is 24.3 Å². The third-order valence-corrected chi connectivity index (χ3v) is 7.17. The molecule has 0 saturated heterocycles. The van der Waals surface area contributed by atoms with E-state index in [-0.39, 0.29) is 18.4 Å². The van der Waals surface area contributed by atoms with Crippen molar-refractivity contribution in [1.29, 1.82) is 0 Å². The third kappa shape index (κ3) is 7.23. The molecule has 7 nitrogen and oxygen atoms in total. The molecular formula is C33H39N3O4. The molecule has 210 valence electrons. The summed E-state index contributed by atoms with van der Waals surface area (Å²) in [6.45, 7) is 5.62. The number of hydrogen-bond donors (Lipinski definition) is 1. The first-order valence-electron chi connectivity index (χ1n) is 13.8. The summed E-state index contributed by atoms with van der Waals surface area (Å²) in [6, 6.07) is 21.5. The number of aromatic amines is 1. The number of amides is 2. The minimum atomic E-state index is -0.217. The van der Waals surface area contributed by atoms with Gasteiger partial charge in [0.15, 0.2) is 0 Å². The molecule has 7 heteroatoms. The molecule has 2 amide bonds. The number of carbonyl (C=O) groups is 2. The average molecular weight is 542 g/mol. The molecule has 0 fully saturated rings. The fourth-order valence-electron chi connectivity index (χ4n) is 4.78. The van der Waals surface area contributed by atoms with Crippen LogP contribution in [-0.2, 0) is 17.8 Å². The Morgan fingerprint density at radius 2 is 1.57 bits per heavy atom. The van der Waals surface area contributed by atoms with Crippen molar-refractivity contribution in [2.45, 2.75) is 39.7 Å². The van der Waals surface area contributed by atoms with Gasteiger partial charge in [-0.2, -0.15) is 0 Å². The van der Waals surface area contributed by atoms with Gasteiger partial charge in [-0.25, -0.2) is 0 Å². The number of H-pyrrole nitrogens is 1. The van der Waals surface area contributed by atoms with Crippen LogP contribution in [0.25, 0.3) is 10.9 Å². The van der Waals surface area contributed by atoms with E-state index >= 15 is 0 Å². The van der Waals surface area contributed by atoms with Gasteiger partial charge in [0.1, 0.15) is 18.0 Å². The standard InChI is InChI=1S/C33H39N3O4/c1-5-6-16-36(33(38)27-18-28(39-3)20-29(19-27)40-4)23-32(37)35(22-25-13-11-24(2)12-14-25)17-15-26-21-34-31-10-8-7-9-30(26)31/h7-14,18-21,34H,5-6,15-17,22-23H2,1-4H3. The van der Waals surface area contributed by atoms with Crippen LogP contribution in [0.2, 0.25) is 0 Å². The van der Waals surface area contributed by atoms with Crippen molar-refractivity contribution >= 4 is 22.7 Å². The molecule has 1 N–H and O–H groups in total. The van der Waals surface area contributed by atoms with Gasteiger partial charge in [-0.3, -0.25) is 9.59 Å². The van der Waals surface area contributed by atoms with E-state index in [9.17, 15) is 9.59 Å². The SMILES string of the molecule is CCCCN(CC(=O)N(CCc1c[nH]c2ccccc12)Cc1ccc(C)cc1)C(=O)c1cc(OC)cc(OC)c1. The number of aromatic nitrogens is 1. The topological polar surface area (TPSA) is 74.9 Å². The van der Waals surface area contributed by atoms with Gasteiger partial charge in [0.05, 0.1) is 14.2 Å². The number of nitrogens with one attached hydrogen (secondary N) is 1. The molecule has 0 aliphatic heterocycles. The molecule has 0 bridgehead atoms. The number of methoxy groups -OCH3 is 2. The van der Waals surface area contributed by atoms with E-state index in [0.717, 1.165) is 29.3 Å². The van der Waals surface area contributed by atoms with E-state index in [2.05, 4.69) is 55.2 Å². The highest BCUT2D eigenvalue weighted by atomic mass is 16.5. The Morgan fingerprint density at radius 3 is 2.25 bits per heavy atom. The summed E-state index contributed by atoms with van der Waals surface area (Å²) in [7, 11) is 3.11. The number of ether oxygens (including phenoxy) is 2. The molecule has 0 aliphatic rings. The second kappa shape index (κ2) is 13.7. The van der Waals surface area contributed by atoms with Crippen molar-refractivity contribution in [2.75, 3.05) is 33.9 Å². The van der Waals surface area contributed by atoms with Crippen LogP contribution in [0.15, 0.2) is 72.9 Å². The summed E-state index contributed by atoms with van der Waals surface area (Å²) in [5.41, 5.74) is 4.91. The summed E-state index contributed by atoms with van der Waals surface area (Å²) in [4.78, 5) is 34.4. The van der Waals surface area contributed by atoms with Crippen molar-refractivity contribution in [1.82, 2.24) is 14.8 Å². The van der Waals surface area contributed by atoms with E-state index in [1.165, 1.54) is 11.1 Å². The molecule has 1 aromatic heterocycles. The van der Waals surface area contributed by atoms with Gasteiger partial charge in [-0.15, -0.1) is 0 Å². The summed E-state index contributed by atoms with van der Waals surface area (Å²) in [5.74, 6) is 0.763. The number of fused-ring (bicyclic) bond motifs is 1. The Labute approximate surface area is 236 Å². The van der Waals surface area contributed by atoms with Crippen LogP contribution < -0.4 is 9.47 Å². The predicted molar refractivity (Wildman–Crippen MR) is 159 cm³/mol. The second-order valence-electron chi connectivity index (χ2n) is 10.1. The molecule has 0 radical (unpaired) electrons. The van der Waals surface area contributed by atoms with Gasteiger partial charge in [0.2, 0.25) is 5.91 Å². The number of carbonyl (C=O) groups excluding carboxylic acids is 2. The molecule has 0 spiro atoms. The van der Waals surface area contributed by atoms with E-state index < -0.39 is 0 Å². The molecular weight excluding hydrogens is 502 g/mol. The van der Waals surface area contributed by atoms with Gasteiger partial charge in [0, 0.05) is 48.4 Å². The maximum atomic E-state index is 13.9. The minimum Gasteiger partial charge on any atom is -0.497 e. The van der Waals surface area contributed by atoms with Crippen LogP contribution in [-0.4, -0.2) is 60.5 Å². The van der Waals surface area contributed by atoms with Gasteiger partial charge >= 0.3 is 0 Å². The maximum absolute atomic E-state index is 13.9. The highest BCUT2D eigenvalue weighted by Gasteiger charge is 2.24. The zero-order valence-corrected chi connectivity index (χ0v) is 23.9. The Bertz CT molecular complexity index is 1410. The lowest BCUT2D eigenvalue weighted by atomic mass is 10.1. The number of hydrogen-bond acceptors (Lipinski definition) is 4. The largest absolute Gasteiger partial charge is 0.497 e. The van der Waals surface area contributed by atoms with Crippen molar-refractivity contribution in [3.8, 4) is 11.5 Å². The lowest BCUT2D eigenvalue weighted by Gasteiger charge is -2.28. The Balaban J connectivity index is 1.57. The first kappa shape index (κ1) is 28.7. The Hall–Kier alpha value is -4.26. The van der Waals surface area contributed by atoms with Gasteiger partial charge in [-0.1, -0.05) is 61.4 Å². The molecule has 4 rings (SSSR count). The molecule has 0 atom stereocenters. The van der Waals surface area contributed by atoms with Crippen molar-refractivity contribution in [3.63, 3.8) is 0 Å². The van der Waals surface area contributed by atoms with Gasteiger partial charge in [-0.05, 0) is 49.1 Å². The average Bonchev–Trinajstić information content (AvgIpc) is 3.40. The van der Waals surface area contributed by atoms with Crippen LogP contribution >= 0.6 is 0 Å². The van der Waals surface area contributed by atoms with E-state index in [4.69, 9.17) is 9.47 Å². The smallest absolute Gasteiger partial charge is 0.254 e. The lowest BCUT2D eigenvalue weighted by molar-refractivity contribution is -0.132. The molecule has 4 aromatic rings. The Morgan fingerprint density at radius 1 is 0.875 bits per heavy atom. The van der Waals surface area contributed by atoms with E-state index in [0.29, 0.717) is 43.1 Å².